The summed E-state index contributed by atoms with van der Waals surface area (Å²) in [5, 5.41) is 9.22. The van der Waals surface area contributed by atoms with Crippen LogP contribution in [0.4, 0.5) is 0 Å². The summed E-state index contributed by atoms with van der Waals surface area (Å²) in [4.78, 5) is 15.6. The van der Waals surface area contributed by atoms with Crippen LogP contribution >= 0.6 is 22.7 Å². The molecule has 0 aliphatic carbocycles. The van der Waals surface area contributed by atoms with Gasteiger partial charge in [-0.3, -0.25) is 9.69 Å². The normalized spacial score (nSPS) is 11.5. The van der Waals surface area contributed by atoms with E-state index < -0.39 is 0 Å². The molecule has 2 rings (SSSR count). The highest BCUT2D eigenvalue weighted by Crippen LogP contribution is 2.30. The third-order valence-corrected chi connectivity index (χ3v) is 5.87. The lowest BCUT2D eigenvalue weighted by molar-refractivity contribution is -0.115. The van der Waals surface area contributed by atoms with E-state index in [1.54, 1.807) is 22.7 Å². The standard InChI is InChI=1S/C24H30N2OS2/c1-6-26(13-9-7-8-11-24(3,4)5)14-12-25-23(27)19(2)22-16-21(18-29-22)20-10-15-28-17-20/h7,9-10,15-18H,2,6,12-14H2,1,3-5H3,(H,25,27). The van der Waals surface area contributed by atoms with Gasteiger partial charge < -0.3 is 5.32 Å². The zero-order valence-corrected chi connectivity index (χ0v) is 19.4. The average molecular weight is 427 g/mol. The second-order valence-corrected chi connectivity index (χ2v) is 9.45. The number of thiophene rings is 2. The topological polar surface area (TPSA) is 32.3 Å². The van der Waals surface area contributed by atoms with Crippen molar-refractivity contribution in [1.82, 2.24) is 10.2 Å². The van der Waals surface area contributed by atoms with E-state index in [0.717, 1.165) is 30.1 Å². The van der Waals surface area contributed by atoms with Crippen LogP contribution in [0.15, 0.2) is 47.0 Å². The average Bonchev–Trinajstić information content (AvgIpc) is 3.35. The van der Waals surface area contributed by atoms with Crippen LogP contribution in [0.3, 0.4) is 0 Å². The van der Waals surface area contributed by atoms with Crippen molar-refractivity contribution in [3.63, 3.8) is 0 Å². The summed E-state index contributed by atoms with van der Waals surface area (Å²) in [5.41, 5.74) is 2.87. The first-order valence-corrected chi connectivity index (χ1v) is 11.6. The minimum absolute atomic E-state index is 0.0223. The van der Waals surface area contributed by atoms with Crippen molar-refractivity contribution >= 4 is 34.2 Å². The Morgan fingerprint density at radius 3 is 2.76 bits per heavy atom. The van der Waals surface area contributed by atoms with Gasteiger partial charge in [0.05, 0.1) is 0 Å². The van der Waals surface area contributed by atoms with E-state index in [-0.39, 0.29) is 11.3 Å². The second-order valence-electron chi connectivity index (χ2n) is 7.76. The Kier molecular flexibility index (Phi) is 8.91. The van der Waals surface area contributed by atoms with Crippen LogP contribution < -0.4 is 5.32 Å². The van der Waals surface area contributed by atoms with Crippen LogP contribution in [0, 0.1) is 17.3 Å². The van der Waals surface area contributed by atoms with Gasteiger partial charge in [-0.2, -0.15) is 11.3 Å². The molecule has 0 spiro atoms. The predicted octanol–water partition coefficient (Wildman–Crippen LogP) is 5.53. The third kappa shape index (κ3) is 8.02. The van der Waals surface area contributed by atoms with Crippen molar-refractivity contribution in [1.29, 1.82) is 0 Å². The highest BCUT2D eigenvalue weighted by atomic mass is 32.1. The van der Waals surface area contributed by atoms with E-state index in [1.807, 2.05) is 12.1 Å². The van der Waals surface area contributed by atoms with Crippen LogP contribution in [0.25, 0.3) is 16.7 Å². The molecule has 0 saturated heterocycles. The zero-order valence-electron chi connectivity index (χ0n) is 17.7. The maximum atomic E-state index is 12.4. The molecule has 2 aromatic rings. The van der Waals surface area contributed by atoms with Crippen LogP contribution in [0.5, 0.6) is 0 Å². The number of likely N-dealkylation sites (N-methyl/N-ethyl adjacent to an activating group) is 1. The van der Waals surface area contributed by atoms with Crippen LogP contribution in [0.2, 0.25) is 0 Å². The molecule has 0 fully saturated rings. The molecule has 0 radical (unpaired) electrons. The molecule has 0 bridgehead atoms. The van der Waals surface area contributed by atoms with Gasteiger partial charge in [-0.15, -0.1) is 11.3 Å². The van der Waals surface area contributed by atoms with Gasteiger partial charge in [0.15, 0.2) is 0 Å². The van der Waals surface area contributed by atoms with E-state index in [2.05, 4.69) is 84.6 Å². The van der Waals surface area contributed by atoms with E-state index in [9.17, 15) is 4.79 Å². The monoisotopic (exact) mass is 426 g/mol. The molecular formula is C24H30N2OS2. The lowest BCUT2D eigenvalue weighted by atomic mass is 9.98. The smallest absolute Gasteiger partial charge is 0.252 e. The van der Waals surface area contributed by atoms with Crippen LogP contribution in [-0.4, -0.2) is 37.0 Å². The van der Waals surface area contributed by atoms with Crippen molar-refractivity contribution in [3.05, 3.63) is 51.9 Å². The Morgan fingerprint density at radius 2 is 2.10 bits per heavy atom. The summed E-state index contributed by atoms with van der Waals surface area (Å²) in [6.07, 6.45) is 3.98. The number of nitrogens with zero attached hydrogens (tertiary/aromatic N) is 1. The summed E-state index contributed by atoms with van der Waals surface area (Å²) in [6.45, 7) is 15.5. The molecule has 1 N–H and O–H groups in total. The second kappa shape index (κ2) is 11.2. The van der Waals surface area contributed by atoms with E-state index in [0.29, 0.717) is 12.1 Å². The van der Waals surface area contributed by atoms with Crippen molar-refractivity contribution in [2.24, 2.45) is 5.41 Å². The number of hydrogen-bond donors (Lipinski definition) is 1. The van der Waals surface area contributed by atoms with Crippen molar-refractivity contribution in [3.8, 4) is 23.0 Å². The zero-order chi connectivity index (χ0) is 21.3. The number of nitrogens with one attached hydrogen (secondary N) is 1. The molecule has 29 heavy (non-hydrogen) atoms. The van der Waals surface area contributed by atoms with Crippen LogP contribution in [0.1, 0.15) is 32.6 Å². The molecule has 3 nitrogen and oxygen atoms in total. The molecule has 1 amide bonds. The Balaban J connectivity index is 1.78. The number of carbonyl (C=O) groups is 1. The number of amides is 1. The first-order valence-electron chi connectivity index (χ1n) is 9.79. The maximum absolute atomic E-state index is 12.4. The van der Waals surface area contributed by atoms with Crippen molar-refractivity contribution in [2.75, 3.05) is 26.2 Å². The molecule has 0 aliphatic heterocycles. The molecule has 0 saturated carbocycles. The Hall–Kier alpha value is -2.13. The molecule has 5 heteroatoms. The van der Waals surface area contributed by atoms with Gasteiger partial charge in [-0.1, -0.05) is 31.4 Å². The van der Waals surface area contributed by atoms with Crippen LogP contribution in [-0.2, 0) is 4.79 Å². The Morgan fingerprint density at radius 1 is 1.31 bits per heavy atom. The fourth-order valence-electron chi connectivity index (χ4n) is 2.52. The first-order chi connectivity index (χ1) is 13.8. The fraction of sp³-hybridized carbons (Fsp3) is 0.375. The maximum Gasteiger partial charge on any atom is 0.252 e. The van der Waals surface area contributed by atoms with Crippen molar-refractivity contribution < 1.29 is 4.79 Å². The minimum Gasteiger partial charge on any atom is -0.351 e. The largest absolute Gasteiger partial charge is 0.351 e. The molecule has 0 aromatic carbocycles. The van der Waals surface area contributed by atoms with Gasteiger partial charge >= 0.3 is 0 Å². The first kappa shape index (κ1) is 23.2. The number of rotatable bonds is 9. The van der Waals surface area contributed by atoms with Gasteiger partial charge in [0.25, 0.3) is 5.91 Å². The van der Waals surface area contributed by atoms with Gasteiger partial charge in [-0.05, 0) is 72.8 Å². The summed E-state index contributed by atoms with van der Waals surface area (Å²) in [6, 6.07) is 4.12. The highest BCUT2D eigenvalue weighted by Gasteiger charge is 2.13. The number of hydrogen-bond acceptors (Lipinski definition) is 4. The Labute approximate surface area is 183 Å². The predicted molar refractivity (Wildman–Crippen MR) is 128 cm³/mol. The molecule has 0 atom stereocenters. The van der Waals surface area contributed by atoms with E-state index >= 15 is 0 Å². The Bertz CT molecular complexity index is 889. The molecule has 2 aromatic heterocycles. The lowest BCUT2D eigenvalue weighted by Gasteiger charge is -2.18. The molecular weight excluding hydrogens is 396 g/mol. The van der Waals surface area contributed by atoms with Gasteiger partial charge in [0.1, 0.15) is 0 Å². The molecule has 0 unspecified atom stereocenters. The van der Waals surface area contributed by atoms with E-state index in [4.69, 9.17) is 0 Å². The summed E-state index contributed by atoms with van der Waals surface area (Å²) >= 11 is 3.23. The third-order valence-electron chi connectivity index (χ3n) is 4.20. The highest BCUT2D eigenvalue weighted by molar-refractivity contribution is 7.12. The summed E-state index contributed by atoms with van der Waals surface area (Å²) in [7, 11) is 0. The SMILES string of the molecule is C=C(C(=O)NCCN(CC)CC=CC#CC(C)(C)C)c1cc(-c2ccsc2)cs1. The van der Waals surface area contributed by atoms with E-state index in [1.165, 1.54) is 5.56 Å². The quantitative estimate of drug-likeness (QED) is 0.422. The van der Waals surface area contributed by atoms with Gasteiger partial charge in [0.2, 0.25) is 0 Å². The summed E-state index contributed by atoms with van der Waals surface area (Å²) in [5.74, 6) is 6.17. The number of carbonyl (C=O) groups excluding carboxylic acids is 1. The summed E-state index contributed by atoms with van der Waals surface area (Å²) < 4.78 is 0. The van der Waals surface area contributed by atoms with Gasteiger partial charge in [-0.25, -0.2) is 0 Å². The minimum atomic E-state index is -0.105. The molecule has 154 valence electrons. The number of allylic oxidation sites excluding steroid dienone is 1. The van der Waals surface area contributed by atoms with Gasteiger partial charge in [0, 0.05) is 35.5 Å². The molecule has 2 heterocycles. The lowest BCUT2D eigenvalue weighted by Crippen LogP contribution is -2.35. The molecule has 0 aliphatic rings. The fourth-order valence-corrected chi connectivity index (χ4v) is 4.07. The van der Waals surface area contributed by atoms with Crippen molar-refractivity contribution in [2.45, 2.75) is 27.7 Å².